The molecule has 0 spiro atoms. The van der Waals surface area contributed by atoms with Crippen molar-refractivity contribution in [3.8, 4) is 11.5 Å². The van der Waals surface area contributed by atoms with E-state index in [0.717, 1.165) is 18.4 Å². The van der Waals surface area contributed by atoms with Gasteiger partial charge in [0.2, 0.25) is 0 Å². The Labute approximate surface area is 107 Å². The maximum atomic E-state index is 10.7. The fraction of sp³-hybridized carbons (Fsp3) is 0.417. The van der Waals surface area contributed by atoms with Gasteiger partial charge in [0.25, 0.3) is 0 Å². The molecule has 0 aliphatic heterocycles. The molecular weight excluding hydrogens is 242 g/mol. The van der Waals surface area contributed by atoms with Crippen LogP contribution in [-0.4, -0.2) is 11.1 Å². The maximum absolute atomic E-state index is 10.7. The van der Waals surface area contributed by atoms with Crippen molar-refractivity contribution in [2.24, 2.45) is 5.73 Å². The maximum Gasteiger partial charge on any atom is 0.308 e. The van der Waals surface area contributed by atoms with Gasteiger partial charge in [0.05, 0.1) is 0 Å². The van der Waals surface area contributed by atoms with Gasteiger partial charge in [0.1, 0.15) is 0 Å². The molecule has 0 heterocycles. The molecular formula is C12H18ClNO3. The van der Waals surface area contributed by atoms with Gasteiger partial charge in [-0.2, -0.15) is 0 Å². The molecule has 1 rings (SSSR count). The Bertz CT molecular complexity index is 382. The summed E-state index contributed by atoms with van der Waals surface area (Å²) in [5.41, 5.74) is 6.75. The van der Waals surface area contributed by atoms with Crippen LogP contribution in [0, 0.1) is 0 Å². The minimum atomic E-state index is -0.457. The lowest BCUT2D eigenvalue weighted by atomic mass is 10.0. The van der Waals surface area contributed by atoms with Crippen LogP contribution in [0.5, 0.6) is 11.5 Å². The third-order valence-corrected chi connectivity index (χ3v) is 2.26. The van der Waals surface area contributed by atoms with Gasteiger partial charge in [0, 0.05) is 13.0 Å². The van der Waals surface area contributed by atoms with E-state index >= 15 is 0 Å². The van der Waals surface area contributed by atoms with Crippen molar-refractivity contribution in [2.45, 2.75) is 32.7 Å². The summed E-state index contributed by atoms with van der Waals surface area (Å²) in [6.07, 6.45) is 1.83. The number of halogens is 1. The lowest BCUT2D eigenvalue weighted by Gasteiger charge is -2.12. The van der Waals surface area contributed by atoms with E-state index in [4.69, 9.17) is 10.5 Å². The first-order valence-corrected chi connectivity index (χ1v) is 5.31. The molecule has 1 atom stereocenters. The number of carbonyl (C=O) groups excluding carboxylic acids is 1. The van der Waals surface area contributed by atoms with E-state index in [-0.39, 0.29) is 29.9 Å². The molecule has 1 aromatic carbocycles. The Hall–Kier alpha value is -1.26. The van der Waals surface area contributed by atoms with E-state index in [2.05, 4.69) is 0 Å². The molecule has 0 saturated heterocycles. The molecule has 0 amide bonds. The molecule has 4 nitrogen and oxygen atoms in total. The second-order valence-electron chi connectivity index (χ2n) is 3.72. The van der Waals surface area contributed by atoms with Gasteiger partial charge in [-0.15, -0.1) is 12.4 Å². The summed E-state index contributed by atoms with van der Waals surface area (Å²) < 4.78 is 4.81. The Kier molecular flexibility index (Phi) is 6.61. The highest BCUT2D eigenvalue weighted by atomic mass is 35.5. The van der Waals surface area contributed by atoms with E-state index in [1.165, 1.54) is 6.92 Å². The highest BCUT2D eigenvalue weighted by molar-refractivity contribution is 5.85. The number of phenolic OH excluding ortho intramolecular Hbond substituents is 1. The predicted molar refractivity (Wildman–Crippen MR) is 68.5 cm³/mol. The van der Waals surface area contributed by atoms with Gasteiger partial charge in [0.15, 0.2) is 11.5 Å². The van der Waals surface area contributed by atoms with Crippen molar-refractivity contribution in [2.75, 3.05) is 0 Å². The van der Waals surface area contributed by atoms with Crippen molar-refractivity contribution < 1.29 is 14.6 Å². The zero-order valence-electron chi connectivity index (χ0n) is 9.97. The second kappa shape index (κ2) is 7.14. The van der Waals surface area contributed by atoms with E-state index in [0.29, 0.717) is 0 Å². The van der Waals surface area contributed by atoms with Crippen LogP contribution in [0.3, 0.4) is 0 Å². The summed E-state index contributed by atoms with van der Waals surface area (Å²) in [6.45, 7) is 3.34. The number of nitrogens with two attached hydrogens (primary N) is 1. The van der Waals surface area contributed by atoms with Crippen LogP contribution in [0.25, 0.3) is 0 Å². The van der Waals surface area contributed by atoms with Gasteiger partial charge < -0.3 is 15.6 Å². The van der Waals surface area contributed by atoms with Gasteiger partial charge in [-0.05, 0) is 24.1 Å². The molecule has 3 N–H and O–H groups in total. The number of ether oxygens (including phenoxy) is 1. The second-order valence-corrected chi connectivity index (χ2v) is 3.72. The van der Waals surface area contributed by atoms with Gasteiger partial charge in [-0.25, -0.2) is 0 Å². The summed E-state index contributed by atoms with van der Waals surface area (Å²) >= 11 is 0. The molecule has 0 saturated carbocycles. The zero-order valence-corrected chi connectivity index (χ0v) is 10.8. The zero-order chi connectivity index (χ0) is 12.1. The first-order valence-electron chi connectivity index (χ1n) is 5.31. The molecule has 1 aromatic rings. The van der Waals surface area contributed by atoms with Crippen molar-refractivity contribution in [3.63, 3.8) is 0 Å². The Morgan fingerprint density at radius 2 is 2.18 bits per heavy atom. The molecule has 0 aliphatic rings. The smallest absolute Gasteiger partial charge is 0.308 e. The van der Waals surface area contributed by atoms with Crippen LogP contribution >= 0.6 is 12.4 Å². The summed E-state index contributed by atoms with van der Waals surface area (Å²) in [5, 5.41) is 9.62. The number of aromatic hydroxyl groups is 1. The fourth-order valence-corrected chi connectivity index (χ4v) is 1.48. The summed E-state index contributed by atoms with van der Waals surface area (Å²) in [7, 11) is 0. The molecule has 0 unspecified atom stereocenters. The number of rotatable bonds is 4. The average molecular weight is 260 g/mol. The van der Waals surface area contributed by atoms with Crippen LogP contribution < -0.4 is 10.5 Å². The molecule has 0 fully saturated rings. The summed E-state index contributed by atoms with van der Waals surface area (Å²) in [5.74, 6) is -0.347. The fourth-order valence-electron chi connectivity index (χ4n) is 1.48. The topological polar surface area (TPSA) is 72.5 Å². The van der Waals surface area contributed by atoms with Crippen LogP contribution in [0.15, 0.2) is 18.2 Å². The largest absolute Gasteiger partial charge is 0.504 e. The molecule has 5 heteroatoms. The number of hydrogen-bond acceptors (Lipinski definition) is 4. The van der Waals surface area contributed by atoms with Gasteiger partial charge >= 0.3 is 5.97 Å². The third-order valence-electron chi connectivity index (χ3n) is 2.26. The van der Waals surface area contributed by atoms with Crippen molar-refractivity contribution in [3.05, 3.63) is 23.8 Å². The van der Waals surface area contributed by atoms with Gasteiger partial charge in [-0.3, -0.25) is 4.79 Å². The SMILES string of the molecule is CCC[C@@H](N)c1ccc(OC(C)=O)c(O)c1.Cl. The predicted octanol–water partition coefficient (Wildman–Crippen LogP) is 2.54. The van der Waals surface area contributed by atoms with E-state index in [9.17, 15) is 9.90 Å². The Morgan fingerprint density at radius 1 is 1.53 bits per heavy atom. The normalized spacial score (nSPS) is 11.5. The van der Waals surface area contributed by atoms with E-state index < -0.39 is 5.97 Å². The van der Waals surface area contributed by atoms with Crippen LogP contribution in [0.4, 0.5) is 0 Å². The third kappa shape index (κ3) is 4.63. The Morgan fingerprint density at radius 3 is 2.65 bits per heavy atom. The van der Waals surface area contributed by atoms with E-state index in [1.807, 2.05) is 6.92 Å². The first kappa shape index (κ1) is 15.7. The van der Waals surface area contributed by atoms with Crippen LogP contribution in [-0.2, 0) is 4.79 Å². The number of benzene rings is 1. The highest BCUT2D eigenvalue weighted by Gasteiger charge is 2.10. The molecule has 0 radical (unpaired) electrons. The van der Waals surface area contributed by atoms with Gasteiger partial charge in [-0.1, -0.05) is 19.4 Å². The minimum Gasteiger partial charge on any atom is -0.504 e. The summed E-state index contributed by atoms with van der Waals surface area (Å²) in [4.78, 5) is 10.7. The standard InChI is InChI=1S/C12H17NO3.ClH/c1-3-4-10(13)9-5-6-12(11(15)7-9)16-8(2)14;/h5-7,10,15H,3-4,13H2,1-2H3;1H/t10-;/m1./s1. The average Bonchev–Trinajstić information content (AvgIpc) is 2.20. The van der Waals surface area contributed by atoms with Crippen LogP contribution in [0.2, 0.25) is 0 Å². The number of hydrogen-bond donors (Lipinski definition) is 2. The lowest BCUT2D eigenvalue weighted by Crippen LogP contribution is -2.09. The number of carbonyl (C=O) groups is 1. The van der Waals surface area contributed by atoms with Crippen molar-refractivity contribution in [1.82, 2.24) is 0 Å². The lowest BCUT2D eigenvalue weighted by molar-refractivity contribution is -0.132. The van der Waals surface area contributed by atoms with E-state index in [1.54, 1.807) is 18.2 Å². The number of phenols is 1. The Balaban J connectivity index is 0.00000256. The number of esters is 1. The van der Waals surface area contributed by atoms with Crippen molar-refractivity contribution >= 4 is 18.4 Å². The van der Waals surface area contributed by atoms with Crippen LogP contribution in [0.1, 0.15) is 38.3 Å². The molecule has 17 heavy (non-hydrogen) atoms. The van der Waals surface area contributed by atoms with Crippen molar-refractivity contribution in [1.29, 1.82) is 0 Å². The monoisotopic (exact) mass is 259 g/mol. The summed E-state index contributed by atoms with van der Waals surface area (Å²) in [6, 6.07) is 4.76. The molecule has 0 bridgehead atoms. The molecule has 96 valence electrons. The minimum absolute atomic E-state index is 0. The first-order chi connectivity index (χ1) is 7.54. The molecule has 0 aromatic heterocycles. The quantitative estimate of drug-likeness (QED) is 0.644. The highest BCUT2D eigenvalue weighted by Crippen LogP contribution is 2.29. The molecule has 0 aliphatic carbocycles.